The molecule has 0 bridgehead atoms. The van der Waals surface area contributed by atoms with Crippen LogP contribution in [0.2, 0.25) is 0 Å². The third kappa shape index (κ3) is 3.20. The lowest BCUT2D eigenvalue weighted by Gasteiger charge is -2.19. The van der Waals surface area contributed by atoms with Gasteiger partial charge in [-0.2, -0.15) is 0 Å². The van der Waals surface area contributed by atoms with Gasteiger partial charge in [0.1, 0.15) is 11.6 Å². The third-order valence-electron chi connectivity index (χ3n) is 2.64. The molecule has 0 saturated heterocycles. The highest BCUT2D eigenvalue weighted by Crippen LogP contribution is 2.26. The average molecular weight is 225 g/mol. The van der Waals surface area contributed by atoms with E-state index in [9.17, 15) is 4.39 Å². The minimum atomic E-state index is -0.209. The van der Waals surface area contributed by atoms with E-state index in [0.29, 0.717) is 17.2 Å². The standard InChI is InChI=1S/C13H20FNO/c1-9(2)7-13(15-3)11-6-5-10(16-4)8-12(11)14/h5-6,8-9,13,15H,7H2,1-4H3. The van der Waals surface area contributed by atoms with Gasteiger partial charge in [0.15, 0.2) is 0 Å². The van der Waals surface area contributed by atoms with Crippen molar-refractivity contribution >= 4 is 0 Å². The molecule has 1 aromatic rings. The first kappa shape index (κ1) is 13.0. The third-order valence-corrected chi connectivity index (χ3v) is 2.64. The Labute approximate surface area is 96.8 Å². The van der Waals surface area contributed by atoms with E-state index in [1.807, 2.05) is 7.05 Å². The molecule has 0 amide bonds. The summed E-state index contributed by atoms with van der Waals surface area (Å²) < 4.78 is 18.8. The van der Waals surface area contributed by atoms with Gasteiger partial charge >= 0.3 is 0 Å². The van der Waals surface area contributed by atoms with Crippen molar-refractivity contribution in [2.75, 3.05) is 14.2 Å². The van der Waals surface area contributed by atoms with Crippen molar-refractivity contribution in [1.29, 1.82) is 0 Å². The second kappa shape index (κ2) is 5.85. The number of rotatable bonds is 5. The van der Waals surface area contributed by atoms with Gasteiger partial charge in [0, 0.05) is 17.7 Å². The van der Waals surface area contributed by atoms with Crippen molar-refractivity contribution in [3.63, 3.8) is 0 Å². The lowest BCUT2D eigenvalue weighted by Crippen LogP contribution is -2.19. The molecule has 90 valence electrons. The van der Waals surface area contributed by atoms with Crippen molar-refractivity contribution < 1.29 is 9.13 Å². The van der Waals surface area contributed by atoms with Crippen LogP contribution in [0.1, 0.15) is 31.9 Å². The molecule has 16 heavy (non-hydrogen) atoms. The van der Waals surface area contributed by atoms with Crippen molar-refractivity contribution in [2.45, 2.75) is 26.3 Å². The molecule has 3 heteroatoms. The van der Waals surface area contributed by atoms with Crippen LogP contribution < -0.4 is 10.1 Å². The topological polar surface area (TPSA) is 21.3 Å². The van der Waals surface area contributed by atoms with Gasteiger partial charge in [-0.3, -0.25) is 0 Å². The second-order valence-electron chi connectivity index (χ2n) is 4.36. The monoisotopic (exact) mass is 225 g/mol. The predicted molar refractivity (Wildman–Crippen MR) is 64.2 cm³/mol. The van der Waals surface area contributed by atoms with E-state index in [1.54, 1.807) is 12.1 Å². The smallest absolute Gasteiger partial charge is 0.131 e. The van der Waals surface area contributed by atoms with Crippen molar-refractivity contribution in [1.82, 2.24) is 5.32 Å². The van der Waals surface area contributed by atoms with Gasteiger partial charge in [0.2, 0.25) is 0 Å². The normalized spacial score (nSPS) is 12.9. The first-order valence-electron chi connectivity index (χ1n) is 5.59. The predicted octanol–water partition coefficient (Wildman–Crippen LogP) is 3.14. The fourth-order valence-corrected chi connectivity index (χ4v) is 1.79. The van der Waals surface area contributed by atoms with Crippen LogP contribution in [0, 0.1) is 11.7 Å². The molecule has 0 fully saturated rings. The summed E-state index contributed by atoms with van der Waals surface area (Å²) in [6, 6.07) is 5.08. The highest BCUT2D eigenvalue weighted by Gasteiger charge is 2.15. The highest BCUT2D eigenvalue weighted by atomic mass is 19.1. The minimum absolute atomic E-state index is 0.0610. The molecular weight excluding hydrogens is 205 g/mol. The number of hydrogen-bond donors (Lipinski definition) is 1. The number of hydrogen-bond acceptors (Lipinski definition) is 2. The van der Waals surface area contributed by atoms with Gasteiger partial charge in [-0.05, 0) is 25.5 Å². The Balaban J connectivity index is 2.92. The Kier molecular flexibility index (Phi) is 4.74. The number of methoxy groups -OCH3 is 1. The summed E-state index contributed by atoms with van der Waals surface area (Å²) in [6.07, 6.45) is 0.916. The van der Waals surface area contributed by atoms with Crippen LogP contribution in [0.25, 0.3) is 0 Å². The molecular formula is C13H20FNO. The molecule has 1 aromatic carbocycles. The lowest BCUT2D eigenvalue weighted by molar-refractivity contribution is 0.406. The SMILES string of the molecule is CNC(CC(C)C)c1ccc(OC)cc1F. The van der Waals surface area contributed by atoms with Crippen LogP contribution >= 0.6 is 0 Å². The Morgan fingerprint density at radius 1 is 1.38 bits per heavy atom. The molecule has 2 nitrogen and oxygen atoms in total. The van der Waals surface area contributed by atoms with Crippen LogP contribution in [-0.4, -0.2) is 14.2 Å². The maximum Gasteiger partial charge on any atom is 0.131 e. The van der Waals surface area contributed by atoms with Gasteiger partial charge in [-0.25, -0.2) is 4.39 Å². The molecule has 0 heterocycles. The molecule has 1 N–H and O–H groups in total. The van der Waals surface area contributed by atoms with Gasteiger partial charge < -0.3 is 10.1 Å². The first-order valence-corrected chi connectivity index (χ1v) is 5.59. The van der Waals surface area contributed by atoms with Gasteiger partial charge in [-0.15, -0.1) is 0 Å². The highest BCUT2D eigenvalue weighted by molar-refractivity contribution is 5.30. The molecule has 1 atom stereocenters. The second-order valence-corrected chi connectivity index (χ2v) is 4.36. The zero-order valence-electron chi connectivity index (χ0n) is 10.4. The van der Waals surface area contributed by atoms with E-state index in [4.69, 9.17) is 4.74 Å². The van der Waals surface area contributed by atoms with Crippen LogP contribution in [0.15, 0.2) is 18.2 Å². The summed E-state index contributed by atoms with van der Waals surface area (Å²) in [7, 11) is 3.40. The van der Waals surface area contributed by atoms with Gasteiger partial charge in [0.05, 0.1) is 7.11 Å². The Morgan fingerprint density at radius 2 is 2.06 bits per heavy atom. The number of benzene rings is 1. The Morgan fingerprint density at radius 3 is 2.50 bits per heavy atom. The molecule has 0 aliphatic carbocycles. The van der Waals surface area contributed by atoms with Gasteiger partial charge in [0.25, 0.3) is 0 Å². The molecule has 0 aliphatic rings. The van der Waals surface area contributed by atoms with Crippen molar-refractivity contribution in [3.8, 4) is 5.75 Å². The number of nitrogens with one attached hydrogen (secondary N) is 1. The summed E-state index contributed by atoms with van der Waals surface area (Å²) in [5.74, 6) is 0.874. The largest absolute Gasteiger partial charge is 0.497 e. The lowest BCUT2D eigenvalue weighted by atomic mass is 9.96. The van der Waals surface area contributed by atoms with E-state index in [1.165, 1.54) is 13.2 Å². The summed E-state index contributed by atoms with van der Waals surface area (Å²) in [5.41, 5.74) is 0.706. The fraction of sp³-hybridized carbons (Fsp3) is 0.538. The van der Waals surface area contributed by atoms with Crippen LogP contribution in [-0.2, 0) is 0 Å². The van der Waals surface area contributed by atoms with Crippen LogP contribution in [0.3, 0.4) is 0 Å². The summed E-state index contributed by atoms with van der Waals surface area (Å²) in [5, 5.41) is 3.15. The Bertz CT molecular complexity index is 339. The molecule has 0 saturated carbocycles. The molecule has 1 rings (SSSR count). The molecule has 0 spiro atoms. The summed E-state index contributed by atoms with van der Waals surface area (Å²) in [6.45, 7) is 4.26. The van der Waals surface area contributed by atoms with E-state index in [0.717, 1.165) is 6.42 Å². The summed E-state index contributed by atoms with van der Waals surface area (Å²) >= 11 is 0. The first-order chi connectivity index (χ1) is 7.58. The van der Waals surface area contributed by atoms with Crippen molar-refractivity contribution in [3.05, 3.63) is 29.6 Å². The Hall–Kier alpha value is -1.09. The van der Waals surface area contributed by atoms with Crippen LogP contribution in [0.5, 0.6) is 5.75 Å². The van der Waals surface area contributed by atoms with E-state index in [2.05, 4.69) is 19.2 Å². The molecule has 0 aliphatic heterocycles. The molecule has 1 unspecified atom stereocenters. The average Bonchev–Trinajstić information content (AvgIpc) is 2.25. The molecule has 0 radical (unpaired) electrons. The number of ether oxygens (including phenoxy) is 1. The fourth-order valence-electron chi connectivity index (χ4n) is 1.79. The summed E-state index contributed by atoms with van der Waals surface area (Å²) in [4.78, 5) is 0. The quantitative estimate of drug-likeness (QED) is 0.831. The van der Waals surface area contributed by atoms with Crippen molar-refractivity contribution in [2.24, 2.45) is 5.92 Å². The number of halogens is 1. The van der Waals surface area contributed by atoms with Crippen LogP contribution in [0.4, 0.5) is 4.39 Å². The van der Waals surface area contributed by atoms with Gasteiger partial charge in [-0.1, -0.05) is 19.9 Å². The minimum Gasteiger partial charge on any atom is -0.497 e. The maximum atomic E-state index is 13.8. The zero-order chi connectivity index (χ0) is 12.1. The maximum absolute atomic E-state index is 13.8. The van der Waals surface area contributed by atoms with E-state index in [-0.39, 0.29) is 11.9 Å². The van der Waals surface area contributed by atoms with E-state index >= 15 is 0 Å². The molecule has 0 aromatic heterocycles. The van der Waals surface area contributed by atoms with E-state index < -0.39 is 0 Å². The zero-order valence-corrected chi connectivity index (χ0v) is 10.4.